The molecule has 0 spiro atoms. The molecule has 2 aromatic carbocycles. The summed E-state index contributed by atoms with van der Waals surface area (Å²) in [5.41, 5.74) is 4.09. The monoisotopic (exact) mass is 430 g/mol. The number of thiazole rings is 1. The predicted molar refractivity (Wildman–Crippen MR) is 120 cm³/mol. The van der Waals surface area contributed by atoms with Crippen LogP contribution in [0.3, 0.4) is 0 Å². The van der Waals surface area contributed by atoms with E-state index >= 15 is 0 Å². The molecule has 3 heterocycles. The van der Waals surface area contributed by atoms with Crippen LogP contribution in [-0.2, 0) is 4.74 Å². The Kier molecular flexibility index (Phi) is 4.44. The van der Waals surface area contributed by atoms with Gasteiger partial charge in [0, 0.05) is 12.4 Å². The van der Waals surface area contributed by atoms with Crippen molar-refractivity contribution in [3.63, 3.8) is 0 Å². The van der Waals surface area contributed by atoms with Crippen molar-refractivity contribution in [3.05, 3.63) is 81.9 Å². The zero-order chi connectivity index (χ0) is 21.7. The number of pyridine rings is 1. The predicted octanol–water partition coefficient (Wildman–Crippen LogP) is 4.14. The number of benzene rings is 2. The molecule has 31 heavy (non-hydrogen) atoms. The van der Waals surface area contributed by atoms with Gasteiger partial charge in [0.05, 0.1) is 28.6 Å². The summed E-state index contributed by atoms with van der Waals surface area (Å²) in [6, 6.07) is 13.5. The number of hydrogen-bond acceptors (Lipinski definition) is 6. The van der Waals surface area contributed by atoms with Crippen molar-refractivity contribution in [1.29, 1.82) is 0 Å². The molecule has 0 saturated heterocycles. The minimum atomic E-state index is -0.564. The molecule has 0 aliphatic carbocycles. The summed E-state index contributed by atoms with van der Waals surface area (Å²) in [7, 11) is 1.31. The average molecular weight is 430 g/mol. The minimum Gasteiger partial charge on any atom is -0.465 e. The number of rotatable bonds is 3. The standard InChI is InChI=1S/C23H18N4O3S/c1-13-8-9-17-19(10-13)31-23(24-17)26-11-15-20(16(12-26)22(29)30-3)25-27(21(15)28)18-7-5-4-6-14(18)2/h4-12H,1-3H3. The molecule has 3 aromatic rings. The Hall–Kier alpha value is -3.78. The molecule has 0 radical (unpaired) electrons. The Bertz CT molecular complexity index is 1490. The van der Waals surface area contributed by atoms with Crippen molar-refractivity contribution in [1.82, 2.24) is 19.3 Å². The summed E-state index contributed by atoms with van der Waals surface area (Å²) in [6.45, 7) is 3.93. The van der Waals surface area contributed by atoms with Gasteiger partial charge in [-0.2, -0.15) is 9.78 Å². The lowest BCUT2D eigenvalue weighted by Gasteiger charge is -2.08. The van der Waals surface area contributed by atoms with Crippen LogP contribution in [0.2, 0.25) is 0 Å². The van der Waals surface area contributed by atoms with Gasteiger partial charge in [-0.3, -0.25) is 9.36 Å². The van der Waals surface area contributed by atoms with Crippen molar-refractivity contribution < 1.29 is 9.53 Å². The second kappa shape index (κ2) is 7.17. The van der Waals surface area contributed by atoms with Crippen molar-refractivity contribution >= 4 is 27.5 Å². The lowest BCUT2D eigenvalue weighted by molar-refractivity contribution is 0.0600. The van der Waals surface area contributed by atoms with E-state index in [-0.39, 0.29) is 11.1 Å². The molecule has 0 saturated carbocycles. The van der Waals surface area contributed by atoms with Crippen molar-refractivity contribution in [2.45, 2.75) is 13.8 Å². The molecule has 0 N–H and O–H groups in total. The van der Waals surface area contributed by atoms with E-state index in [1.165, 1.54) is 23.1 Å². The number of ether oxygens (including phenoxy) is 1. The van der Waals surface area contributed by atoms with Gasteiger partial charge in [-0.1, -0.05) is 35.6 Å². The first-order valence-electron chi connectivity index (χ1n) is 9.63. The van der Waals surface area contributed by atoms with Crippen LogP contribution in [0.5, 0.6) is 0 Å². The summed E-state index contributed by atoms with van der Waals surface area (Å²) < 4.78 is 9.02. The smallest absolute Gasteiger partial charge is 0.341 e. The first-order valence-corrected chi connectivity index (χ1v) is 10.4. The van der Waals surface area contributed by atoms with Crippen LogP contribution < -0.4 is 5.56 Å². The van der Waals surface area contributed by atoms with Gasteiger partial charge in [0.1, 0.15) is 11.3 Å². The van der Waals surface area contributed by atoms with E-state index in [2.05, 4.69) is 16.1 Å². The molecule has 0 fully saturated rings. The molecule has 0 bridgehead atoms. The lowest BCUT2D eigenvalue weighted by Crippen LogP contribution is -2.16. The number of carbonyl (C=O) groups excluding carboxylic acids is 1. The molecule has 2 aliphatic rings. The Morgan fingerprint density at radius 3 is 2.68 bits per heavy atom. The number of aryl methyl sites for hydroxylation is 2. The third kappa shape index (κ3) is 3.12. The van der Waals surface area contributed by atoms with Crippen molar-refractivity contribution in [2.24, 2.45) is 0 Å². The van der Waals surface area contributed by atoms with E-state index in [0.717, 1.165) is 21.3 Å². The Morgan fingerprint density at radius 2 is 1.90 bits per heavy atom. The maximum Gasteiger partial charge on any atom is 0.341 e. The largest absolute Gasteiger partial charge is 0.465 e. The van der Waals surface area contributed by atoms with Crippen molar-refractivity contribution in [2.75, 3.05) is 7.11 Å². The summed E-state index contributed by atoms with van der Waals surface area (Å²) >= 11 is 1.48. The number of carbonyl (C=O) groups is 1. The highest BCUT2D eigenvalue weighted by molar-refractivity contribution is 7.20. The first kappa shape index (κ1) is 19.2. The van der Waals surface area contributed by atoms with Gasteiger partial charge in [0.15, 0.2) is 5.13 Å². The SMILES string of the molecule is COC(=O)c1cn(-c2nc3ccc(C)cc3s2)cc2c(=O)n(-c3ccccc3C)nc1-2. The highest BCUT2D eigenvalue weighted by Gasteiger charge is 2.26. The number of para-hydroxylation sites is 1. The maximum absolute atomic E-state index is 13.3. The minimum absolute atomic E-state index is 0.208. The van der Waals surface area contributed by atoms with Crippen LogP contribution in [0.4, 0.5) is 0 Å². The quantitative estimate of drug-likeness (QED) is 0.402. The topological polar surface area (TPSA) is 79.0 Å². The van der Waals surface area contributed by atoms with Crippen LogP contribution in [0.25, 0.3) is 32.3 Å². The first-order chi connectivity index (χ1) is 15.0. The highest BCUT2D eigenvalue weighted by atomic mass is 32.1. The van der Waals surface area contributed by atoms with E-state index < -0.39 is 5.97 Å². The fourth-order valence-corrected chi connectivity index (χ4v) is 4.59. The third-order valence-corrected chi connectivity index (χ3v) is 6.20. The Labute approximate surface area is 181 Å². The van der Waals surface area contributed by atoms with Crippen LogP contribution in [0.1, 0.15) is 21.5 Å². The third-order valence-electron chi connectivity index (χ3n) is 5.17. The second-order valence-electron chi connectivity index (χ2n) is 7.30. The molecule has 1 aromatic heterocycles. The molecule has 8 heteroatoms. The number of aromatic nitrogens is 4. The fraction of sp³-hybridized carbons (Fsp3) is 0.130. The maximum atomic E-state index is 13.3. The number of fused-ring (bicyclic) bond motifs is 2. The molecule has 5 rings (SSSR count). The molecule has 0 unspecified atom stereocenters. The molecule has 0 atom stereocenters. The summed E-state index contributed by atoms with van der Waals surface area (Å²) in [5, 5.41) is 5.12. The van der Waals surface area contributed by atoms with E-state index in [1.54, 1.807) is 17.0 Å². The van der Waals surface area contributed by atoms with E-state index in [4.69, 9.17) is 4.74 Å². The van der Waals surface area contributed by atoms with E-state index in [0.29, 0.717) is 22.1 Å². The Morgan fingerprint density at radius 1 is 1.10 bits per heavy atom. The van der Waals surface area contributed by atoms with Crippen LogP contribution >= 0.6 is 11.3 Å². The molecule has 0 amide bonds. The van der Waals surface area contributed by atoms with E-state index in [1.807, 2.05) is 50.2 Å². The second-order valence-corrected chi connectivity index (χ2v) is 8.31. The lowest BCUT2D eigenvalue weighted by atomic mass is 10.1. The molecular weight excluding hydrogens is 412 g/mol. The Balaban J connectivity index is 1.78. The zero-order valence-electron chi connectivity index (χ0n) is 17.1. The normalized spacial score (nSPS) is 11.3. The summed E-state index contributed by atoms with van der Waals surface area (Å²) in [5.74, 6) is -0.564. The van der Waals surface area contributed by atoms with Crippen LogP contribution in [0.15, 0.2) is 59.7 Å². The zero-order valence-corrected chi connectivity index (χ0v) is 17.9. The average Bonchev–Trinajstić information content (AvgIpc) is 3.34. The van der Waals surface area contributed by atoms with Crippen LogP contribution in [-0.4, -0.2) is 32.4 Å². The summed E-state index contributed by atoms with van der Waals surface area (Å²) in [4.78, 5) is 30.5. The number of esters is 1. The van der Waals surface area contributed by atoms with Gasteiger partial charge in [-0.05, 0) is 43.2 Å². The van der Waals surface area contributed by atoms with Gasteiger partial charge in [0.2, 0.25) is 0 Å². The van der Waals surface area contributed by atoms with E-state index in [9.17, 15) is 9.59 Å². The fourth-order valence-electron chi connectivity index (χ4n) is 3.57. The van der Waals surface area contributed by atoms with Gasteiger partial charge < -0.3 is 4.74 Å². The number of nitrogens with zero attached hydrogens (tertiary/aromatic N) is 4. The highest BCUT2D eigenvalue weighted by Crippen LogP contribution is 2.29. The molecule has 2 aliphatic heterocycles. The summed E-state index contributed by atoms with van der Waals surface area (Å²) in [6.07, 6.45) is 3.30. The molecule has 154 valence electrons. The van der Waals surface area contributed by atoms with Gasteiger partial charge in [-0.15, -0.1) is 0 Å². The molecular formula is C23H18N4O3S. The number of hydrogen-bond donors (Lipinski definition) is 0. The molecule has 7 nitrogen and oxygen atoms in total. The number of methoxy groups -OCH3 is 1. The van der Waals surface area contributed by atoms with Crippen LogP contribution in [0, 0.1) is 13.8 Å². The van der Waals surface area contributed by atoms with Crippen molar-refractivity contribution in [3.8, 4) is 22.1 Å². The van der Waals surface area contributed by atoms with Gasteiger partial charge in [0.25, 0.3) is 5.56 Å². The van der Waals surface area contributed by atoms with Gasteiger partial charge in [-0.25, -0.2) is 9.78 Å². The van der Waals surface area contributed by atoms with Gasteiger partial charge >= 0.3 is 5.97 Å².